The Morgan fingerprint density at radius 2 is 1.75 bits per heavy atom. The lowest BCUT2D eigenvalue weighted by atomic mass is 10.2. The number of carbonyl (C=O) groups excluding carboxylic acids is 1. The monoisotopic (exact) mass is 616 g/mol. The number of ether oxygens (including phenoxy) is 1. The smallest absolute Gasteiger partial charge is 0.271 e. The molecule has 0 spiro atoms. The number of hydrogen-bond acceptors (Lipinski definition) is 3. The van der Waals surface area contributed by atoms with Crippen molar-refractivity contribution in [3.05, 3.63) is 95.6 Å². The van der Waals surface area contributed by atoms with Gasteiger partial charge in [0.05, 0.1) is 13.4 Å². The zero-order valence-electron chi connectivity index (χ0n) is 14.5. The van der Waals surface area contributed by atoms with Crippen molar-refractivity contribution >= 4 is 68.9 Å². The van der Waals surface area contributed by atoms with Gasteiger partial charge in [-0.05, 0) is 86.6 Å². The minimum Gasteiger partial charge on any atom is -0.487 e. The average molecular weight is 617 g/mol. The molecule has 0 unspecified atom stereocenters. The fraction of sp³-hybridized carbons (Fsp3) is 0.0476. The summed E-state index contributed by atoms with van der Waals surface area (Å²) in [6.45, 7) is 0.510. The lowest BCUT2D eigenvalue weighted by molar-refractivity contribution is 0.0955. The molecule has 0 aliphatic carbocycles. The van der Waals surface area contributed by atoms with Crippen LogP contribution in [0.25, 0.3) is 0 Å². The SMILES string of the molecule is O=C(N/N=C/c1cc(I)c(OCc2ccccc2)c(I)c1)c1cccc(Cl)c1. The molecule has 4 nitrogen and oxygen atoms in total. The second-order valence-corrected chi connectivity index (χ2v) is 8.56. The summed E-state index contributed by atoms with van der Waals surface area (Å²) in [4.78, 5) is 12.1. The maximum absolute atomic E-state index is 12.1. The van der Waals surface area contributed by atoms with E-state index < -0.39 is 0 Å². The highest BCUT2D eigenvalue weighted by Crippen LogP contribution is 2.29. The molecule has 0 saturated carbocycles. The van der Waals surface area contributed by atoms with Gasteiger partial charge in [0, 0.05) is 10.6 Å². The summed E-state index contributed by atoms with van der Waals surface area (Å²) in [5.74, 6) is 0.524. The lowest BCUT2D eigenvalue weighted by Crippen LogP contribution is -2.17. The largest absolute Gasteiger partial charge is 0.487 e. The Balaban J connectivity index is 1.65. The fourth-order valence-corrected chi connectivity index (χ4v) is 4.70. The predicted octanol–water partition coefficient (Wildman–Crippen LogP) is 5.89. The molecule has 28 heavy (non-hydrogen) atoms. The average Bonchev–Trinajstić information content (AvgIpc) is 2.68. The van der Waals surface area contributed by atoms with E-state index in [-0.39, 0.29) is 5.91 Å². The number of nitrogens with one attached hydrogen (secondary N) is 1. The van der Waals surface area contributed by atoms with Crippen LogP contribution in [0.5, 0.6) is 5.75 Å². The van der Waals surface area contributed by atoms with E-state index in [4.69, 9.17) is 16.3 Å². The number of amides is 1. The van der Waals surface area contributed by atoms with E-state index in [1.165, 1.54) is 0 Å². The van der Waals surface area contributed by atoms with Gasteiger partial charge in [0.15, 0.2) is 0 Å². The van der Waals surface area contributed by atoms with E-state index >= 15 is 0 Å². The van der Waals surface area contributed by atoms with Crippen LogP contribution in [-0.4, -0.2) is 12.1 Å². The topological polar surface area (TPSA) is 50.7 Å². The first-order valence-corrected chi connectivity index (χ1v) is 10.8. The van der Waals surface area contributed by atoms with Gasteiger partial charge < -0.3 is 4.74 Å². The summed E-state index contributed by atoms with van der Waals surface area (Å²) in [6.07, 6.45) is 1.60. The molecule has 0 saturated heterocycles. The number of hydrogen-bond donors (Lipinski definition) is 1. The first kappa shape index (κ1) is 21.1. The third-order valence-corrected chi connectivity index (χ3v) is 5.55. The Hall–Kier alpha value is -1.65. The number of rotatable bonds is 6. The van der Waals surface area contributed by atoms with Crippen LogP contribution in [-0.2, 0) is 6.61 Å². The highest BCUT2D eigenvalue weighted by Gasteiger charge is 2.09. The van der Waals surface area contributed by atoms with Crippen LogP contribution in [0.3, 0.4) is 0 Å². The number of nitrogens with zero attached hydrogens (tertiary/aromatic N) is 1. The molecule has 0 aliphatic rings. The molecule has 0 radical (unpaired) electrons. The summed E-state index contributed by atoms with van der Waals surface area (Å²) >= 11 is 10.4. The molecule has 0 fully saturated rings. The van der Waals surface area contributed by atoms with Gasteiger partial charge in [-0.15, -0.1) is 0 Å². The van der Waals surface area contributed by atoms with Crippen LogP contribution in [0.2, 0.25) is 5.02 Å². The fourth-order valence-electron chi connectivity index (χ4n) is 2.38. The van der Waals surface area contributed by atoms with Gasteiger partial charge in [0.25, 0.3) is 5.91 Å². The second-order valence-electron chi connectivity index (χ2n) is 5.80. The summed E-state index contributed by atoms with van der Waals surface area (Å²) < 4.78 is 7.93. The molecule has 0 aromatic heterocycles. The summed E-state index contributed by atoms with van der Waals surface area (Å²) in [7, 11) is 0. The van der Waals surface area contributed by atoms with E-state index in [0.717, 1.165) is 24.0 Å². The van der Waals surface area contributed by atoms with Crippen LogP contribution in [0.1, 0.15) is 21.5 Å². The van der Waals surface area contributed by atoms with Crippen molar-refractivity contribution in [3.8, 4) is 5.75 Å². The van der Waals surface area contributed by atoms with Gasteiger partial charge in [-0.25, -0.2) is 5.43 Å². The Labute approximate surface area is 195 Å². The zero-order chi connectivity index (χ0) is 19.9. The van der Waals surface area contributed by atoms with Crippen LogP contribution in [0.15, 0.2) is 71.8 Å². The minimum atomic E-state index is -0.314. The van der Waals surface area contributed by atoms with Gasteiger partial charge in [-0.2, -0.15) is 5.10 Å². The zero-order valence-corrected chi connectivity index (χ0v) is 19.6. The van der Waals surface area contributed by atoms with Crippen LogP contribution >= 0.6 is 56.8 Å². The second kappa shape index (κ2) is 10.2. The van der Waals surface area contributed by atoms with Gasteiger partial charge in [0.2, 0.25) is 0 Å². The van der Waals surface area contributed by atoms with Crippen molar-refractivity contribution in [1.29, 1.82) is 0 Å². The van der Waals surface area contributed by atoms with Crippen LogP contribution in [0.4, 0.5) is 0 Å². The normalized spacial score (nSPS) is 10.8. The number of benzene rings is 3. The van der Waals surface area contributed by atoms with Crippen molar-refractivity contribution in [2.75, 3.05) is 0 Å². The van der Waals surface area contributed by atoms with Gasteiger partial charge in [-0.1, -0.05) is 48.0 Å². The quantitative estimate of drug-likeness (QED) is 0.213. The number of halogens is 3. The molecule has 3 rings (SSSR count). The molecule has 1 N–H and O–H groups in total. The van der Waals surface area contributed by atoms with E-state index in [0.29, 0.717) is 17.2 Å². The van der Waals surface area contributed by atoms with Crippen molar-refractivity contribution in [1.82, 2.24) is 5.43 Å². The summed E-state index contributed by atoms with van der Waals surface area (Å²) in [6, 6.07) is 20.7. The Kier molecular flexibility index (Phi) is 7.69. The number of carbonyl (C=O) groups is 1. The Bertz CT molecular complexity index is 987. The highest BCUT2D eigenvalue weighted by atomic mass is 127. The van der Waals surface area contributed by atoms with Gasteiger partial charge >= 0.3 is 0 Å². The van der Waals surface area contributed by atoms with Crippen LogP contribution in [0, 0.1) is 7.14 Å². The molecule has 0 heterocycles. The molecule has 142 valence electrons. The van der Waals surface area contributed by atoms with Crippen molar-refractivity contribution in [2.45, 2.75) is 6.61 Å². The molecular formula is C21H15ClI2N2O2. The molecule has 0 atom stereocenters. The molecule has 1 amide bonds. The summed E-state index contributed by atoms with van der Waals surface area (Å²) in [5.41, 5.74) is 4.95. The van der Waals surface area contributed by atoms with Crippen LogP contribution < -0.4 is 10.2 Å². The first-order chi connectivity index (χ1) is 13.5. The Morgan fingerprint density at radius 3 is 2.43 bits per heavy atom. The van der Waals surface area contributed by atoms with Crippen molar-refractivity contribution in [2.24, 2.45) is 5.10 Å². The number of hydrazone groups is 1. The van der Waals surface area contributed by atoms with Crippen molar-refractivity contribution in [3.63, 3.8) is 0 Å². The molecule has 0 bridgehead atoms. The molecular weight excluding hydrogens is 602 g/mol. The lowest BCUT2D eigenvalue weighted by Gasteiger charge is -2.11. The van der Waals surface area contributed by atoms with E-state index in [1.807, 2.05) is 42.5 Å². The highest BCUT2D eigenvalue weighted by molar-refractivity contribution is 14.1. The molecule has 7 heteroatoms. The first-order valence-electron chi connectivity index (χ1n) is 8.27. The van der Waals surface area contributed by atoms with Gasteiger partial charge in [-0.3, -0.25) is 4.79 Å². The third kappa shape index (κ3) is 5.92. The predicted molar refractivity (Wildman–Crippen MR) is 129 cm³/mol. The van der Waals surface area contributed by atoms with E-state index in [9.17, 15) is 4.79 Å². The molecule has 3 aromatic carbocycles. The molecule has 0 aliphatic heterocycles. The van der Waals surface area contributed by atoms with E-state index in [2.05, 4.69) is 55.7 Å². The summed E-state index contributed by atoms with van der Waals surface area (Å²) in [5, 5.41) is 4.54. The maximum atomic E-state index is 12.1. The van der Waals surface area contributed by atoms with E-state index in [1.54, 1.807) is 30.5 Å². The standard InChI is InChI=1S/C21H15ClI2N2O2/c22-17-8-4-7-16(11-17)21(27)26-25-12-15-9-18(23)20(19(24)10-15)28-13-14-5-2-1-3-6-14/h1-12H,13H2,(H,26,27)/b25-12+. The third-order valence-electron chi connectivity index (χ3n) is 3.71. The molecule has 3 aromatic rings. The van der Waals surface area contributed by atoms with Crippen molar-refractivity contribution < 1.29 is 9.53 Å². The maximum Gasteiger partial charge on any atom is 0.271 e. The minimum absolute atomic E-state index is 0.314. The Morgan fingerprint density at radius 1 is 1.04 bits per heavy atom. The van der Waals surface area contributed by atoms with Gasteiger partial charge in [0.1, 0.15) is 12.4 Å².